The quantitative estimate of drug-likeness (QED) is 0.755. The Labute approximate surface area is 133 Å². The van der Waals surface area contributed by atoms with E-state index in [9.17, 15) is 9.50 Å². The first-order valence-electron chi connectivity index (χ1n) is 7.23. The molecule has 0 spiro atoms. The van der Waals surface area contributed by atoms with Crippen LogP contribution in [-0.4, -0.2) is 21.2 Å². The molecule has 1 unspecified atom stereocenters. The van der Waals surface area contributed by atoms with E-state index in [1.165, 1.54) is 6.07 Å². The Morgan fingerprint density at radius 2 is 2.04 bits per heavy atom. The van der Waals surface area contributed by atoms with Gasteiger partial charge in [0, 0.05) is 18.2 Å². The van der Waals surface area contributed by atoms with E-state index in [1.807, 2.05) is 19.1 Å². The second-order valence-corrected chi connectivity index (χ2v) is 5.43. The normalized spacial score (nSPS) is 12.1. The molecule has 3 nitrogen and oxygen atoms in total. The van der Waals surface area contributed by atoms with Crippen LogP contribution in [0.3, 0.4) is 0 Å². The van der Waals surface area contributed by atoms with Crippen LogP contribution in [0.1, 0.15) is 11.3 Å². The second-order valence-electron chi connectivity index (χ2n) is 5.43. The maximum Gasteiger partial charge on any atom is 0.131 e. The van der Waals surface area contributed by atoms with E-state index in [4.69, 9.17) is 6.42 Å². The smallest absolute Gasteiger partial charge is 0.131 e. The van der Waals surface area contributed by atoms with Gasteiger partial charge in [0.25, 0.3) is 0 Å². The van der Waals surface area contributed by atoms with Gasteiger partial charge in [0.05, 0.1) is 16.7 Å². The zero-order chi connectivity index (χ0) is 16.4. The number of aliphatic hydroxyl groups excluding tert-OH is 1. The lowest BCUT2D eigenvalue weighted by Gasteiger charge is -2.07. The minimum atomic E-state index is -0.873. The number of aromatic nitrogens is 2. The monoisotopic (exact) mass is 306 g/mol. The van der Waals surface area contributed by atoms with Crippen LogP contribution in [0.4, 0.5) is 4.39 Å². The molecule has 114 valence electrons. The summed E-state index contributed by atoms with van der Waals surface area (Å²) in [5.74, 6) is 1.99. The predicted octanol–water partition coefficient (Wildman–Crippen LogP) is 3.28. The molecule has 1 heterocycles. The Hall–Kier alpha value is -2.77. The van der Waals surface area contributed by atoms with Gasteiger partial charge in [0.2, 0.25) is 0 Å². The Kier molecular flexibility index (Phi) is 4.05. The highest BCUT2D eigenvalue weighted by atomic mass is 19.1. The van der Waals surface area contributed by atoms with Crippen LogP contribution in [0.2, 0.25) is 0 Å². The zero-order valence-electron chi connectivity index (χ0n) is 12.6. The van der Waals surface area contributed by atoms with Crippen LogP contribution in [0.15, 0.2) is 42.6 Å². The number of hydrogen-bond acceptors (Lipinski definition) is 3. The van der Waals surface area contributed by atoms with E-state index in [1.54, 1.807) is 24.4 Å². The van der Waals surface area contributed by atoms with E-state index in [-0.39, 0.29) is 12.2 Å². The lowest BCUT2D eigenvalue weighted by Crippen LogP contribution is -2.08. The van der Waals surface area contributed by atoms with Gasteiger partial charge >= 0.3 is 0 Å². The predicted molar refractivity (Wildman–Crippen MR) is 88.2 cm³/mol. The summed E-state index contributed by atoms with van der Waals surface area (Å²) in [4.78, 5) is 8.76. The average molecular weight is 306 g/mol. The van der Waals surface area contributed by atoms with Gasteiger partial charge < -0.3 is 5.11 Å². The first-order chi connectivity index (χ1) is 11.1. The van der Waals surface area contributed by atoms with Crippen molar-refractivity contribution in [2.24, 2.45) is 0 Å². The number of aliphatic hydroxyl groups is 1. The molecule has 0 bridgehead atoms. The third kappa shape index (κ3) is 3.20. The first-order valence-corrected chi connectivity index (χ1v) is 7.23. The number of halogens is 1. The molecule has 1 N–H and O–H groups in total. The van der Waals surface area contributed by atoms with E-state index < -0.39 is 6.10 Å². The molecule has 0 aliphatic rings. The van der Waals surface area contributed by atoms with Crippen molar-refractivity contribution in [1.82, 2.24) is 9.97 Å². The Morgan fingerprint density at radius 1 is 1.22 bits per heavy atom. The van der Waals surface area contributed by atoms with Crippen molar-refractivity contribution < 1.29 is 9.50 Å². The molecule has 4 heteroatoms. The van der Waals surface area contributed by atoms with E-state index >= 15 is 0 Å². The summed E-state index contributed by atoms with van der Waals surface area (Å²) in [6.45, 7) is 1.85. The van der Waals surface area contributed by atoms with Gasteiger partial charge in [0.1, 0.15) is 11.9 Å². The Bertz CT molecular complexity index is 915. The number of aryl methyl sites for hydroxylation is 1. The number of benzene rings is 2. The molecule has 0 saturated carbocycles. The molecule has 1 aromatic heterocycles. The fraction of sp³-hybridized carbons (Fsp3) is 0.158. The molecule has 0 amide bonds. The number of terminal acetylenes is 1. The minimum Gasteiger partial charge on any atom is -0.380 e. The third-order valence-electron chi connectivity index (χ3n) is 3.62. The molecule has 0 saturated heterocycles. The molecular weight excluding hydrogens is 291 g/mol. The third-order valence-corrected chi connectivity index (χ3v) is 3.62. The van der Waals surface area contributed by atoms with Crippen molar-refractivity contribution in [1.29, 1.82) is 0 Å². The maximum absolute atomic E-state index is 14.1. The summed E-state index contributed by atoms with van der Waals surface area (Å²) >= 11 is 0. The SMILES string of the molecule is C#CC(O)Cc1cnc2cc(-c3ccc(C)cc3F)ccc2n1. The van der Waals surface area contributed by atoms with E-state index in [2.05, 4.69) is 15.9 Å². The highest BCUT2D eigenvalue weighted by Gasteiger charge is 2.09. The zero-order valence-corrected chi connectivity index (χ0v) is 12.6. The Balaban J connectivity index is 2.00. The topological polar surface area (TPSA) is 46.0 Å². The molecule has 0 radical (unpaired) electrons. The molecule has 0 fully saturated rings. The molecule has 1 atom stereocenters. The number of nitrogens with zero attached hydrogens (tertiary/aromatic N) is 2. The van der Waals surface area contributed by atoms with Crippen molar-refractivity contribution in [2.75, 3.05) is 0 Å². The molecule has 0 aliphatic heterocycles. The molecule has 2 aromatic carbocycles. The second kappa shape index (κ2) is 6.15. The van der Waals surface area contributed by atoms with Crippen molar-refractivity contribution in [2.45, 2.75) is 19.4 Å². The van der Waals surface area contributed by atoms with Crippen molar-refractivity contribution in [3.8, 4) is 23.5 Å². The lowest BCUT2D eigenvalue weighted by molar-refractivity contribution is 0.232. The molecular formula is C19H15FN2O. The molecule has 0 aliphatic carbocycles. The van der Waals surface area contributed by atoms with Crippen LogP contribution in [-0.2, 0) is 6.42 Å². The van der Waals surface area contributed by atoms with Gasteiger partial charge in [0.15, 0.2) is 0 Å². The van der Waals surface area contributed by atoms with Crippen LogP contribution < -0.4 is 0 Å². The number of rotatable bonds is 3. The Morgan fingerprint density at radius 3 is 2.78 bits per heavy atom. The standard InChI is InChI=1S/C19H15FN2O/c1-3-15(23)10-14-11-21-19-9-13(5-7-18(19)22-14)16-6-4-12(2)8-17(16)20/h1,4-9,11,15,23H,10H2,2H3. The van der Waals surface area contributed by atoms with Gasteiger partial charge in [-0.15, -0.1) is 6.42 Å². The summed E-state index contributed by atoms with van der Waals surface area (Å²) in [5, 5.41) is 9.48. The van der Waals surface area contributed by atoms with E-state index in [0.717, 1.165) is 11.1 Å². The van der Waals surface area contributed by atoms with Gasteiger partial charge in [-0.3, -0.25) is 4.98 Å². The van der Waals surface area contributed by atoms with Gasteiger partial charge in [-0.2, -0.15) is 0 Å². The molecule has 23 heavy (non-hydrogen) atoms. The summed E-state index contributed by atoms with van der Waals surface area (Å²) in [6, 6.07) is 10.6. The van der Waals surface area contributed by atoms with Gasteiger partial charge in [-0.1, -0.05) is 24.1 Å². The largest absolute Gasteiger partial charge is 0.380 e. The van der Waals surface area contributed by atoms with Crippen LogP contribution in [0.25, 0.3) is 22.2 Å². The summed E-state index contributed by atoms with van der Waals surface area (Å²) in [7, 11) is 0. The van der Waals surface area contributed by atoms with Crippen LogP contribution in [0, 0.1) is 25.1 Å². The summed E-state index contributed by atoms with van der Waals surface area (Å²) < 4.78 is 14.1. The highest BCUT2D eigenvalue weighted by Crippen LogP contribution is 2.26. The minimum absolute atomic E-state index is 0.258. The maximum atomic E-state index is 14.1. The van der Waals surface area contributed by atoms with Crippen molar-refractivity contribution in [3.05, 3.63) is 59.7 Å². The summed E-state index contributed by atoms with van der Waals surface area (Å²) in [5.41, 5.74) is 4.14. The highest BCUT2D eigenvalue weighted by molar-refractivity contribution is 5.81. The van der Waals surface area contributed by atoms with E-state index in [0.29, 0.717) is 22.3 Å². The van der Waals surface area contributed by atoms with Crippen molar-refractivity contribution in [3.63, 3.8) is 0 Å². The van der Waals surface area contributed by atoms with Crippen molar-refractivity contribution >= 4 is 11.0 Å². The number of hydrogen-bond donors (Lipinski definition) is 1. The average Bonchev–Trinajstić information content (AvgIpc) is 2.54. The van der Waals surface area contributed by atoms with Crippen LogP contribution >= 0.6 is 0 Å². The van der Waals surface area contributed by atoms with Gasteiger partial charge in [-0.05, 0) is 36.2 Å². The lowest BCUT2D eigenvalue weighted by atomic mass is 10.0. The number of fused-ring (bicyclic) bond motifs is 1. The first kappa shape index (κ1) is 15.1. The molecule has 3 rings (SSSR count). The van der Waals surface area contributed by atoms with Crippen LogP contribution in [0.5, 0.6) is 0 Å². The fourth-order valence-corrected chi connectivity index (χ4v) is 2.43. The fourth-order valence-electron chi connectivity index (χ4n) is 2.43. The van der Waals surface area contributed by atoms with Gasteiger partial charge in [-0.25, -0.2) is 9.37 Å². The molecule has 3 aromatic rings. The summed E-state index contributed by atoms with van der Waals surface area (Å²) in [6.07, 6.45) is 6.12.